The molecule has 2 heterocycles. The van der Waals surface area contributed by atoms with Gasteiger partial charge < -0.3 is 9.88 Å². The van der Waals surface area contributed by atoms with Crippen LogP contribution in [-0.2, 0) is 4.79 Å². The van der Waals surface area contributed by atoms with Crippen LogP contribution in [0.4, 0.5) is 10.1 Å². The minimum Gasteiger partial charge on any atom is -0.364 e. The largest absolute Gasteiger partial charge is 0.364 e. The summed E-state index contributed by atoms with van der Waals surface area (Å²) in [5, 5.41) is 7.98. The summed E-state index contributed by atoms with van der Waals surface area (Å²) < 4.78 is 15.0. The van der Waals surface area contributed by atoms with Gasteiger partial charge in [-0.15, -0.1) is 0 Å². The van der Waals surface area contributed by atoms with Gasteiger partial charge in [0.15, 0.2) is 5.84 Å². The fourth-order valence-corrected chi connectivity index (χ4v) is 3.94. The monoisotopic (exact) mass is 388 g/mol. The first-order chi connectivity index (χ1) is 14.0. The van der Waals surface area contributed by atoms with Crippen molar-refractivity contribution >= 4 is 24.1 Å². The second kappa shape index (κ2) is 7.47. The normalized spacial score (nSPS) is 16.3. The summed E-state index contributed by atoms with van der Waals surface area (Å²) in [4.78, 5) is 21.2. The molecule has 1 aliphatic heterocycles. The van der Waals surface area contributed by atoms with E-state index in [9.17, 15) is 4.79 Å². The number of amides is 1. The Balaban J connectivity index is 1.65. The molecule has 1 amide bonds. The number of halogens is 1. The molecule has 1 aliphatic rings. The van der Waals surface area contributed by atoms with E-state index in [2.05, 4.69) is 16.7 Å². The molecule has 0 radical (unpaired) electrons. The first kappa shape index (κ1) is 18.8. The number of aliphatic imine (C=N–C) groups is 1. The van der Waals surface area contributed by atoms with Crippen molar-refractivity contribution in [1.29, 1.82) is 5.41 Å². The molecule has 1 atom stereocenters. The smallest absolute Gasteiger partial charge is 0.234 e. The zero-order chi connectivity index (χ0) is 20.5. The number of aryl methyl sites for hydroxylation is 1. The number of nitrogens with one attached hydrogen (secondary N) is 2. The van der Waals surface area contributed by atoms with E-state index in [0.717, 1.165) is 11.3 Å². The minimum atomic E-state index is -0.449. The molecule has 0 bridgehead atoms. The van der Waals surface area contributed by atoms with Crippen molar-refractivity contribution in [1.82, 2.24) is 4.98 Å². The molecule has 0 saturated carbocycles. The second-order valence-corrected chi connectivity index (χ2v) is 7.12. The second-order valence-electron chi connectivity index (χ2n) is 7.12. The van der Waals surface area contributed by atoms with E-state index in [1.165, 1.54) is 6.07 Å². The van der Waals surface area contributed by atoms with Gasteiger partial charge in [-0.05, 0) is 43.8 Å². The molecule has 1 fully saturated rings. The number of nitrogens with zero attached hydrogens (tertiary/aromatic N) is 2. The summed E-state index contributed by atoms with van der Waals surface area (Å²) in [6.07, 6.45) is 2.37. The van der Waals surface area contributed by atoms with E-state index in [1.54, 1.807) is 30.2 Å². The molecule has 1 unspecified atom stereocenters. The zero-order valence-electron chi connectivity index (χ0n) is 16.1. The van der Waals surface area contributed by atoms with Gasteiger partial charge in [-0.1, -0.05) is 30.3 Å². The number of rotatable bonds is 4. The lowest BCUT2D eigenvalue weighted by atomic mass is 9.98. The third kappa shape index (κ3) is 3.27. The summed E-state index contributed by atoms with van der Waals surface area (Å²) in [6, 6.07) is 14.5. The van der Waals surface area contributed by atoms with Crippen molar-refractivity contribution in [3.8, 4) is 11.1 Å². The Kier molecular flexibility index (Phi) is 4.84. The van der Waals surface area contributed by atoms with Gasteiger partial charge in [-0.3, -0.25) is 10.2 Å². The SMILES string of the molecule is C=NC(=N)c1c(-c2ccc(N3CCC(c4ccccc4)C3=O)cc2F)c[nH]c1C. The topological polar surface area (TPSA) is 72.3 Å². The number of carbonyl (C=O) groups excluding carboxylic acids is 1. The predicted octanol–water partition coefficient (Wildman–Crippen LogP) is 4.68. The van der Waals surface area contributed by atoms with Crippen molar-refractivity contribution in [2.45, 2.75) is 19.3 Å². The molecule has 0 spiro atoms. The maximum atomic E-state index is 15.0. The average molecular weight is 388 g/mol. The standard InChI is InChI=1S/C23H21FN4O/c1-14-21(22(25)26-2)19(13-27-14)18-9-8-16(12-20(18)24)28-11-10-17(23(28)29)15-6-4-3-5-7-15/h3-9,12-13,17,25,27H,2,10-11H2,1H3. The number of aromatic amines is 1. The minimum absolute atomic E-state index is 0.0114. The molecular weight excluding hydrogens is 367 g/mol. The summed E-state index contributed by atoms with van der Waals surface area (Å²) in [6.45, 7) is 5.75. The molecule has 0 aliphatic carbocycles. The summed E-state index contributed by atoms with van der Waals surface area (Å²) in [5.41, 5.74) is 3.68. The van der Waals surface area contributed by atoms with Crippen LogP contribution in [-0.4, -0.2) is 30.0 Å². The summed E-state index contributed by atoms with van der Waals surface area (Å²) >= 11 is 0. The number of carbonyl (C=O) groups is 1. The van der Waals surface area contributed by atoms with Gasteiger partial charge in [0.25, 0.3) is 0 Å². The predicted molar refractivity (Wildman–Crippen MR) is 113 cm³/mol. The molecule has 1 saturated heterocycles. The molecule has 5 nitrogen and oxygen atoms in total. The van der Waals surface area contributed by atoms with Gasteiger partial charge in [0.1, 0.15) is 5.82 Å². The average Bonchev–Trinajstić information content (AvgIpc) is 3.30. The number of aromatic nitrogens is 1. The molecule has 3 aromatic rings. The molecule has 2 aromatic carbocycles. The zero-order valence-corrected chi connectivity index (χ0v) is 16.1. The Bertz CT molecular complexity index is 1100. The lowest BCUT2D eigenvalue weighted by molar-refractivity contribution is -0.118. The maximum absolute atomic E-state index is 15.0. The van der Waals surface area contributed by atoms with Crippen LogP contribution >= 0.6 is 0 Å². The van der Waals surface area contributed by atoms with Gasteiger partial charge in [0.05, 0.1) is 5.92 Å². The maximum Gasteiger partial charge on any atom is 0.234 e. The van der Waals surface area contributed by atoms with Crippen molar-refractivity contribution in [3.05, 3.63) is 77.4 Å². The number of H-pyrrole nitrogens is 1. The van der Waals surface area contributed by atoms with Crippen LogP contribution in [0, 0.1) is 18.2 Å². The first-order valence-corrected chi connectivity index (χ1v) is 9.41. The van der Waals surface area contributed by atoms with Crippen molar-refractivity contribution in [2.24, 2.45) is 4.99 Å². The van der Waals surface area contributed by atoms with E-state index in [0.29, 0.717) is 35.3 Å². The number of anilines is 1. The van der Waals surface area contributed by atoms with Crippen LogP contribution in [0.3, 0.4) is 0 Å². The van der Waals surface area contributed by atoms with Gasteiger partial charge in [0, 0.05) is 40.8 Å². The highest BCUT2D eigenvalue weighted by atomic mass is 19.1. The molecule has 2 N–H and O–H groups in total. The highest BCUT2D eigenvalue weighted by molar-refractivity contribution is 6.06. The van der Waals surface area contributed by atoms with Crippen molar-refractivity contribution in [2.75, 3.05) is 11.4 Å². The third-order valence-corrected chi connectivity index (χ3v) is 5.43. The molecular formula is C23H21FN4O. The Morgan fingerprint density at radius 3 is 2.69 bits per heavy atom. The highest BCUT2D eigenvalue weighted by Gasteiger charge is 2.33. The first-order valence-electron chi connectivity index (χ1n) is 9.41. The summed E-state index contributed by atoms with van der Waals surface area (Å²) in [5.74, 6) is -0.672. The fourth-order valence-electron chi connectivity index (χ4n) is 3.94. The highest BCUT2D eigenvalue weighted by Crippen LogP contribution is 2.35. The van der Waals surface area contributed by atoms with Gasteiger partial charge >= 0.3 is 0 Å². The van der Waals surface area contributed by atoms with Crippen LogP contribution in [0.15, 0.2) is 59.7 Å². The lowest BCUT2D eigenvalue weighted by Gasteiger charge is -2.18. The van der Waals surface area contributed by atoms with E-state index in [4.69, 9.17) is 5.41 Å². The van der Waals surface area contributed by atoms with Crippen LogP contribution in [0.2, 0.25) is 0 Å². The number of amidine groups is 1. The molecule has 146 valence electrons. The summed E-state index contributed by atoms with van der Waals surface area (Å²) in [7, 11) is 0. The van der Waals surface area contributed by atoms with Gasteiger partial charge in [-0.25, -0.2) is 9.38 Å². The van der Waals surface area contributed by atoms with Crippen LogP contribution in [0.1, 0.15) is 29.2 Å². The molecule has 1 aromatic heterocycles. The van der Waals surface area contributed by atoms with Crippen LogP contribution in [0.25, 0.3) is 11.1 Å². The van der Waals surface area contributed by atoms with Gasteiger partial charge in [0.2, 0.25) is 5.91 Å². The number of hydrogen-bond donors (Lipinski definition) is 2. The van der Waals surface area contributed by atoms with Crippen molar-refractivity contribution in [3.63, 3.8) is 0 Å². The quantitative estimate of drug-likeness (QED) is 0.494. The van der Waals surface area contributed by atoms with Gasteiger partial charge in [-0.2, -0.15) is 0 Å². The van der Waals surface area contributed by atoms with E-state index in [-0.39, 0.29) is 17.7 Å². The molecule has 4 rings (SSSR count). The Hall–Kier alpha value is -3.54. The van der Waals surface area contributed by atoms with Crippen LogP contribution < -0.4 is 4.90 Å². The third-order valence-electron chi connectivity index (χ3n) is 5.43. The number of benzene rings is 2. The van der Waals surface area contributed by atoms with Crippen molar-refractivity contribution < 1.29 is 9.18 Å². The Labute approximate surface area is 168 Å². The van der Waals surface area contributed by atoms with E-state index in [1.807, 2.05) is 30.3 Å². The van der Waals surface area contributed by atoms with E-state index >= 15 is 4.39 Å². The Morgan fingerprint density at radius 1 is 1.24 bits per heavy atom. The lowest BCUT2D eigenvalue weighted by Crippen LogP contribution is -2.26. The van der Waals surface area contributed by atoms with E-state index < -0.39 is 5.82 Å². The number of hydrogen-bond acceptors (Lipinski definition) is 2. The Morgan fingerprint density at radius 2 is 2.00 bits per heavy atom. The van der Waals surface area contributed by atoms with Crippen LogP contribution in [0.5, 0.6) is 0 Å². The molecule has 29 heavy (non-hydrogen) atoms. The fraction of sp³-hybridized carbons (Fsp3) is 0.174. The molecule has 6 heteroatoms.